The van der Waals surface area contributed by atoms with E-state index in [4.69, 9.17) is 28.2 Å². The summed E-state index contributed by atoms with van der Waals surface area (Å²) in [5.41, 5.74) is 2.40. The molecule has 224 valence electrons. The predicted molar refractivity (Wildman–Crippen MR) is 172 cm³/mol. The quantitative estimate of drug-likeness (QED) is 0.378. The second-order valence-electron chi connectivity index (χ2n) is 12.4. The van der Waals surface area contributed by atoms with Crippen LogP contribution in [0.1, 0.15) is 50.8 Å². The van der Waals surface area contributed by atoms with Gasteiger partial charge in [0.25, 0.3) is 5.91 Å². The summed E-state index contributed by atoms with van der Waals surface area (Å²) in [4.78, 5) is 38.4. The van der Waals surface area contributed by atoms with E-state index in [9.17, 15) is 9.59 Å². The number of nitrogens with one attached hydrogen (secondary N) is 1. The van der Waals surface area contributed by atoms with E-state index in [0.717, 1.165) is 35.0 Å². The number of likely N-dealkylation sites (tertiary alicyclic amines) is 1. The molecule has 2 amide bonds. The molecule has 3 heterocycles. The van der Waals surface area contributed by atoms with Crippen LogP contribution in [0.3, 0.4) is 0 Å². The smallest absolute Gasteiger partial charge is 0.354 e. The molecular formula is C32H40Cl2N5O2S+. The number of hydrogen-bond acceptors (Lipinski definition) is 6. The van der Waals surface area contributed by atoms with E-state index >= 15 is 0 Å². The Balaban J connectivity index is 1.66. The second-order valence-corrected chi connectivity index (χ2v) is 14.3. The third kappa shape index (κ3) is 5.09. The van der Waals surface area contributed by atoms with Crippen molar-refractivity contribution < 1.29 is 14.1 Å². The number of likely N-dealkylation sites (N-methyl/N-ethyl adjacent to an activating group) is 3. The summed E-state index contributed by atoms with van der Waals surface area (Å²) < 4.78 is 0.0532. The molecule has 1 fully saturated rings. The second kappa shape index (κ2) is 11.6. The molecule has 0 saturated carbocycles. The highest BCUT2D eigenvalue weighted by Crippen LogP contribution is 2.57. The van der Waals surface area contributed by atoms with Gasteiger partial charge in [0, 0.05) is 35.6 Å². The standard InChI is InChI=1S/C32H39Cl2N5O2S/c1-19(2)26-27(30(41)39(7)24(18-37(5)6)16-17-25(39)29(40)35-4)42-31-36-32(3,21-10-14-23(34)15-11-21)28(38(26)31)20-8-12-22(33)13-9-20/h8-15,19,24-25,28H,16-18H2,1-7H3/p+1/t24-,25-,28+,32-,39?/m0/s1. The number of fused-ring (bicyclic) bond motifs is 1. The summed E-state index contributed by atoms with van der Waals surface area (Å²) in [5.74, 6) is -0.0673. The van der Waals surface area contributed by atoms with Crippen molar-refractivity contribution in [2.24, 2.45) is 10.9 Å². The van der Waals surface area contributed by atoms with Gasteiger partial charge in [-0.2, -0.15) is 0 Å². The zero-order valence-corrected chi connectivity index (χ0v) is 27.6. The first-order valence-corrected chi connectivity index (χ1v) is 16.0. The fourth-order valence-electron chi connectivity index (χ4n) is 6.96. The summed E-state index contributed by atoms with van der Waals surface area (Å²) in [5, 5.41) is 4.95. The number of allylic oxidation sites excluding steroid dienone is 1. The largest absolute Gasteiger partial charge is 0.355 e. The minimum absolute atomic E-state index is 0.0000804. The highest BCUT2D eigenvalue weighted by molar-refractivity contribution is 8.18. The van der Waals surface area contributed by atoms with Crippen LogP contribution in [0, 0.1) is 5.92 Å². The minimum Gasteiger partial charge on any atom is -0.354 e. The van der Waals surface area contributed by atoms with Crippen LogP contribution < -0.4 is 5.32 Å². The van der Waals surface area contributed by atoms with Gasteiger partial charge in [0.1, 0.15) is 16.5 Å². The number of amides is 2. The number of aliphatic imine (C=N–C) groups is 1. The molecule has 10 heteroatoms. The summed E-state index contributed by atoms with van der Waals surface area (Å²) in [6.45, 7) is 7.11. The Hall–Kier alpha value is -2.36. The third-order valence-electron chi connectivity index (χ3n) is 9.11. The first-order valence-electron chi connectivity index (χ1n) is 14.4. The van der Waals surface area contributed by atoms with Crippen LogP contribution in [0.25, 0.3) is 0 Å². The van der Waals surface area contributed by atoms with Gasteiger partial charge >= 0.3 is 5.91 Å². The van der Waals surface area contributed by atoms with Crippen molar-refractivity contribution >= 4 is 51.9 Å². The molecule has 7 nitrogen and oxygen atoms in total. The number of amidine groups is 1. The molecule has 1 saturated heterocycles. The van der Waals surface area contributed by atoms with Gasteiger partial charge in [-0.3, -0.25) is 4.79 Å². The van der Waals surface area contributed by atoms with Crippen LogP contribution in [-0.4, -0.2) is 78.1 Å². The van der Waals surface area contributed by atoms with Crippen molar-refractivity contribution in [1.29, 1.82) is 0 Å². The SMILES string of the molecule is CNC(=O)[C@@H]1CC[C@@H](CN(C)C)[N+]1(C)C(=O)C1=C(C(C)C)N2C(=N[C@@](C)(c3ccc(Cl)cc3)[C@H]2c2ccc(Cl)cc2)S1. The Kier molecular flexibility index (Phi) is 8.60. The molecule has 0 spiro atoms. The summed E-state index contributed by atoms with van der Waals surface area (Å²) in [6, 6.07) is 15.1. The number of nitrogens with zero attached hydrogens (tertiary/aromatic N) is 4. The van der Waals surface area contributed by atoms with E-state index in [1.165, 1.54) is 11.8 Å². The number of quaternary nitrogens is 1. The van der Waals surface area contributed by atoms with Crippen molar-refractivity contribution in [3.63, 3.8) is 0 Å². The molecule has 5 rings (SSSR count). The molecular weight excluding hydrogens is 589 g/mol. The lowest BCUT2D eigenvalue weighted by molar-refractivity contribution is -0.859. The normalized spacial score (nSPS) is 29.0. The van der Waals surface area contributed by atoms with Crippen LogP contribution in [0.2, 0.25) is 10.0 Å². The maximum absolute atomic E-state index is 14.9. The maximum Gasteiger partial charge on any atom is 0.355 e. The van der Waals surface area contributed by atoms with E-state index in [0.29, 0.717) is 21.4 Å². The molecule has 2 aromatic rings. The Morgan fingerprint density at radius 3 is 2.24 bits per heavy atom. The summed E-state index contributed by atoms with van der Waals surface area (Å²) >= 11 is 14.0. The predicted octanol–water partition coefficient (Wildman–Crippen LogP) is 6.05. The van der Waals surface area contributed by atoms with Gasteiger partial charge in [-0.1, -0.05) is 61.3 Å². The van der Waals surface area contributed by atoms with Crippen molar-refractivity contribution in [3.8, 4) is 0 Å². The molecule has 2 aromatic carbocycles. The van der Waals surface area contributed by atoms with E-state index in [1.54, 1.807) is 7.05 Å². The Morgan fingerprint density at radius 2 is 1.69 bits per heavy atom. The zero-order valence-electron chi connectivity index (χ0n) is 25.3. The molecule has 42 heavy (non-hydrogen) atoms. The minimum atomic E-state index is -0.639. The highest BCUT2D eigenvalue weighted by atomic mass is 35.5. The van der Waals surface area contributed by atoms with Crippen molar-refractivity contribution in [3.05, 3.63) is 80.3 Å². The molecule has 3 aliphatic heterocycles. The Morgan fingerprint density at radius 1 is 1.10 bits per heavy atom. The lowest BCUT2D eigenvalue weighted by Gasteiger charge is -2.39. The molecule has 0 radical (unpaired) electrons. The van der Waals surface area contributed by atoms with Crippen LogP contribution in [0.4, 0.5) is 0 Å². The maximum atomic E-state index is 14.9. The number of hydrogen-bond donors (Lipinski definition) is 1. The van der Waals surface area contributed by atoms with Gasteiger partial charge in [-0.25, -0.2) is 14.3 Å². The summed E-state index contributed by atoms with van der Waals surface area (Å²) in [7, 11) is 7.64. The van der Waals surface area contributed by atoms with Gasteiger partial charge in [0.15, 0.2) is 11.2 Å². The third-order valence-corrected chi connectivity index (χ3v) is 10.7. The molecule has 0 aromatic heterocycles. The van der Waals surface area contributed by atoms with Crippen molar-refractivity contribution in [2.75, 3.05) is 34.7 Å². The number of halogens is 2. The van der Waals surface area contributed by atoms with Gasteiger partial charge in [0.05, 0.1) is 19.6 Å². The number of carbonyl (C=O) groups excluding carboxylic acids is 2. The fraction of sp³-hybridized carbons (Fsp3) is 0.469. The van der Waals surface area contributed by atoms with Crippen molar-refractivity contribution in [2.45, 2.75) is 57.3 Å². The first-order chi connectivity index (χ1) is 19.8. The van der Waals surface area contributed by atoms with Crippen LogP contribution in [0.5, 0.6) is 0 Å². The highest BCUT2D eigenvalue weighted by Gasteiger charge is 2.59. The average Bonchev–Trinajstić information content (AvgIpc) is 3.56. The van der Waals surface area contributed by atoms with E-state index in [-0.39, 0.29) is 34.3 Å². The average molecular weight is 630 g/mol. The Labute approximate surface area is 263 Å². The summed E-state index contributed by atoms with van der Waals surface area (Å²) in [6.07, 6.45) is 1.47. The molecule has 5 atom stereocenters. The molecule has 3 aliphatic rings. The molecule has 1 unspecified atom stereocenters. The van der Waals surface area contributed by atoms with Gasteiger partial charge < -0.3 is 15.1 Å². The zero-order chi connectivity index (χ0) is 30.6. The molecule has 1 N–H and O–H groups in total. The lowest BCUT2D eigenvalue weighted by atomic mass is 9.81. The molecule has 0 bridgehead atoms. The topological polar surface area (TPSA) is 65.0 Å². The van der Waals surface area contributed by atoms with Crippen LogP contribution >= 0.6 is 35.0 Å². The van der Waals surface area contributed by atoms with Crippen LogP contribution in [0.15, 0.2) is 64.1 Å². The first kappa shape index (κ1) is 31.1. The van der Waals surface area contributed by atoms with Gasteiger partial charge in [-0.15, -0.1) is 0 Å². The van der Waals surface area contributed by atoms with E-state index in [1.807, 2.05) is 69.7 Å². The lowest BCUT2D eigenvalue weighted by Crippen LogP contribution is -2.63. The fourth-order valence-corrected chi connectivity index (χ4v) is 8.65. The number of benzene rings is 2. The number of thioether (sulfide) groups is 1. The Bertz CT molecular complexity index is 1440. The molecule has 0 aliphatic carbocycles. The van der Waals surface area contributed by atoms with Gasteiger partial charge in [-0.05, 0) is 74.1 Å². The van der Waals surface area contributed by atoms with E-state index < -0.39 is 11.6 Å². The number of rotatable bonds is 7. The monoisotopic (exact) mass is 628 g/mol. The van der Waals surface area contributed by atoms with Crippen LogP contribution in [-0.2, 0) is 15.1 Å². The van der Waals surface area contributed by atoms with Crippen molar-refractivity contribution in [1.82, 2.24) is 15.1 Å². The van der Waals surface area contributed by atoms with Gasteiger partial charge in [0.2, 0.25) is 0 Å². The van der Waals surface area contributed by atoms with E-state index in [2.05, 4.69) is 35.9 Å². The number of carbonyl (C=O) groups is 2.